The third-order valence-corrected chi connectivity index (χ3v) is 3.30. The van der Waals surface area contributed by atoms with Crippen LogP contribution < -0.4 is 10.2 Å². The summed E-state index contributed by atoms with van der Waals surface area (Å²) in [4.78, 5) is 14.2. The van der Waals surface area contributed by atoms with Crippen molar-refractivity contribution < 1.29 is 0 Å². The van der Waals surface area contributed by atoms with Crippen molar-refractivity contribution in [1.29, 1.82) is 0 Å². The molecule has 5 nitrogen and oxygen atoms in total. The lowest BCUT2D eigenvalue weighted by Gasteiger charge is -2.19. The second-order valence-corrected chi connectivity index (χ2v) is 4.67. The Morgan fingerprint density at radius 2 is 2.39 bits per heavy atom. The first-order chi connectivity index (χ1) is 8.33. The average molecular weight is 268 g/mol. The number of aromatic nitrogens is 3. The molecule has 0 radical (unpaired) electrons. The summed E-state index contributed by atoms with van der Waals surface area (Å²) in [7, 11) is 2.08. The van der Waals surface area contributed by atoms with Gasteiger partial charge in [-0.2, -0.15) is 4.98 Å². The van der Waals surface area contributed by atoms with Crippen LogP contribution in [0.25, 0.3) is 11.2 Å². The molecule has 1 aliphatic heterocycles. The van der Waals surface area contributed by atoms with Crippen LogP contribution in [0.3, 0.4) is 0 Å². The molecule has 1 atom stereocenters. The van der Waals surface area contributed by atoms with Crippen LogP contribution in [0, 0.1) is 5.92 Å². The molecule has 18 heavy (non-hydrogen) atoms. The van der Waals surface area contributed by atoms with E-state index in [0.717, 1.165) is 42.7 Å². The minimum atomic E-state index is 0. The maximum Gasteiger partial charge on any atom is 0.205 e. The average Bonchev–Trinajstić information content (AvgIpc) is 2.96. The van der Waals surface area contributed by atoms with Gasteiger partial charge in [0, 0.05) is 19.8 Å². The van der Waals surface area contributed by atoms with E-state index in [-0.39, 0.29) is 12.4 Å². The predicted octanol–water partition coefficient (Wildman–Crippen LogP) is 1.43. The minimum Gasteiger partial charge on any atom is -0.345 e. The lowest BCUT2D eigenvalue weighted by Crippen LogP contribution is -2.27. The zero-order chi connectivity index (χ0) is 11.7. The molecular weight excluding hydrogens is 250 g/mol. The van der Waals surface area contributed by atoms with Gasteiger partial charge in [-0.15, -0.1) is 12.4 Å². The van der Waals surface area contributed by atoms with Crippen molar-refractivity contribution in [2.24, 2.45) is 5.92 Å². The van der Waals surface area contributed by atoms with E-state index >= 15 is 0 Å². The normalized spacial score (nSPS) is 18.8. The number of halogens is 1. The molecule has 3 heterocycles. The van der Waals surface area contributed by atoms with E-state index in [1.165, 1.54) is 6.42 Å². The third-order valence-electron chi connectivity index (χ3n) is 3.30. The van der Waals surface area contributed by atoms with Crippen molar-refractivity contribution in [2.45, 2.75) is 6.42 Å². The number of nitrogens with zero attached hydrogens (tertiary/aromatic N) is 3. The molecule has 1 saturated heterocycles. The molecule has 2 aromatic rings. The van der Waals surface area contributed by atoms with E-state index in [4.69, 9.17) is 0 Å². The molecule has 0 aromatic carbocycles. The number of nitrogens with one attached hydrogen (secondary N) is 2. The van der Waals surface area contributed by atoms with Crippen LogP contribution in [-0.4, -0.2) is 41.6 Å². The monoisotopic (exact) mass is 267 g/mol. The maximum absolute atomic E-state index is 4.49. The fraction of sp³-hybridized carbons (Fsp3) is 0.500. The summed E-state index contributed by atoms with van der Waals surface area (Å²) >= 11 is 0. The van der Waals surface area contributed by atoms with Gasteiger partial charge in [0.25, 0.3) is 0 Å². The van der Waals surface area contributed by atoms with Gasteiger partial charge in [-0.25, -0.2) is 4.98 Å². The molecule has 98 valence electrons. The molecule has 1 unspecified atom stereocenters. The first-order valence-electron chi connectivity index (χ1n) is 6.05. The first kappa shape index (κ1) is 13.1. The van der Waals surface area contributed by atoms with E-state index in [9.17, 15) is 0 Å². The number of anilines is 1. The van der Waals surface area contributed by atoms with Gasteiger partial charge >= 0.3 is 0 Å². The second-order valence-electron chi connectivity index (χ2n) is 4.67. The van der Waals surface area contributed by atoms with E-state index in [0.29, 0.717) is 0 Å². The van der Waals surface area contributed by atoms with Crippen molar-refractivity contribution >= 4 is 29.5 Å². The summed E-state index contributed by atoms with van der Waals surface area (Å²) in [6.07, 6.45) is 3.02. The fourth-order valence-corrected chi connectivity index (χ4v) is 2.36. The van der Waals surface area contributed by atoms with E-state index in [1.807, 2.05) is 12.1 Å². The van der Waals surface area contributed by atoms with Gasteiger partial charge in [0.15, 0.2) is 5.65 Å². The van der Waals surface area contributed by atoms with Crippen molar-refractivity contribution in [2.75, 3.05) is 31.6 Å². The zero-order valence-corrected chi connectivity index (χ0v) is 11.2. The Morgan fingerprint density at radius 1 is 1.50 bits per heavy atom. The van der Waals surface area contributed by atoms with Crippen LogP contribution in [0.1, 0.15) is 6.42 Å². The highest BCUT2D eigenvalue weighted by atomic mass is 35.5. The lowest BCUT2D eigenvalue weighted by atomic mass is 10.1. The van der Waals surface area contributed by atoms with Crippen molar-refractivity contribution in [1.82, 2.24) is 20.3 Å². The van der Waals surface area contributed by atoms with Crippen molar-refractivity contribution in [3.8, 4) is 0 Å². The Labute approximate surface area is 112 Å². The highest BCUT2D eigenvalue weighted by Crippen LogP contribution is 2.16. The maximum atomic E-state index is 4.49. The van der Waals surface area contributed by atoms with Crippen LogP contribution in [0.2, 0.25) is 0 Å². The molecule has 0 bridgehead atoms. The number of hydrogen-bond acceptors (Lipinski definition) is 4. The van der Waals surface area contributed by atoms with Crippen molar-refractivity contribution in [3.63, 3.8) is 0 Å². The predicted molar refractivity (Wildman–Crippen MR) is 75.4 cm³/mol. The number of H-pyrrole nitrogens is 1. The summed E-state index contributed by atoms with van der Waals surface area (Å²) in [5.74, 6) is 1.63. The van der Waals surface area contributed by atoms with Gasteiger partial charge in [-0.1, -0.05) is 0 Å². The second kappa shape index (κ2) is 5.54. The molecule has 6 heteroatoms. The Morgan fingerprint density at radius 3 is 3.11 bits per heavy atom. The molecule has 0 spiro atoms. The Balaban J connectivity index is 0.00000120. The molecule has 3 rings (SSSR count). The molecule has 0 aliphatic carbocycles. The van der Waals surface area contributed by atoms with Crippen LogP contribution in [-0.2, 0) is 0 Å². The fourth-order valence-electron chi connectivity index (χ4n) is 2.36. The Kier molecular flexibility index (Phi) is 4.04. The van der Waals surface area contributed by atoms with E-state index < -0.39 is 0 Å². The van der Waals surface area contributed by atoms with Gasteiger partial charge in [-0.05, 0) is 37.6 Å². The number of pyridine rings is 1. The van der Waals surface area contributed by atoms with Crippen LogP contribution in [0.5, 0.6) is 0 Å². The number of fused-ring (bicyclic) bond motifs is 1. The summed E-state index contributed by atoms with van der Waals surface area (Å²) in [6.45, 7) is 3.29. The van der Waals surface area contributed by atoms with Gasteiger partial charge in [0.2, 0.25) is 5.95 Å². The molecule has 0 amide bonds. The molecular formula is C12H18ClN5. The van der Waals surface area contributed by atoms with Gasteiger partial charge in [0.05, 0.1) is 5.52 Å². The third kappa shape index (κ3) is 2.57. The summed E-state index contributed by atoms with van der Waals surface area (Å²) in [5, 5.41) is 3.39. The standard InChI is InChI=1S/C12H17N5.ClH/c1-17(8-9-4-6-13-7-9)12-15-10-3-2-5-14-11(10)16-12;/h2-3,5,9,13H,4,6-8H2,1H3,(H,14,15,16);1H. The number of rotatable bonds is 3. The molecule has 0 saturated carbocycles. The number of imidazole rings is 1. The Hall–Kier alpha value is -1.33. The highest BCUT2D eigenvalue weighted by Gasteiger charge is 2.18. The summed E-state index contributed by atoms with van der Waals surface area (Å²) in [5.41, 5.74) is 1.79. The van der Waals surface area contributed by atoms with Gasteiger partial charge in [0.1, 0.15) is 0 Å². The summed E-state index contributed by atoms with van der Waals surface area (Å²) < 4.78 is 0. The number of hydrogen-bond donors (Lipinski definition) is 2. The topological polar surface area (TPSA) is 56.8 Å². The molecule has 1 fully saturated rings. The minimum absolute atomic E-state index is 0. The largest absolute Gasteiger partial charge is 0.345 e. The number of aromatic amines is 1. The van der Waals surface area contributed by atoms with Gasteiger partial charge < -0.3 is 15.2 Å². The smallest absolute Gasteiger partial charge is 0.205 e. The van der Waals surface area contributed by atoms with Crippen LogP contribution in [0.15, 0.2) is 18.3 Å². The molecule has 2 N–H and O–H groups in total. The zero-order valence-electron chi connectivity index (χ0n) is 10.4. The SMILES string of the molecule is CN(CC1CCNC1)c1nc2ncccc2[nH]1.Cl. The molecule has 1 aliphatic rings. The highest BCUT2D eigenvalue weighted by molar-refractivity contribution is 5.85. The van der Waals surface area contributed by atoms with Crippen molar-refractivity contribution in [3.05, 3.63) is 18.3 Å². The first-order valence-corrected chi connectivity index (χ1v) is 6.05. The van der Waals surface area contributed by atoms with Gasteiger partial charge in [-0.3, -0.25) is 0 Å². The van der Waals surface area contributed by atoms with Crippen LogP contribution in [0.4, 0.5) is 5.95 Å². The Bertz CT molecular complexity index is 473. The van der Waals surface area contributed by atoms with E-state index in [2.05, 4.69) is 32.2 Å². The van der Waals surface area contributed by atoms with Crippen LogP contribution >= 0.6 is 12.4 Å². The molecule has 2 aromatic heterocycles. The summed E-state index contributed by atoms with van der Waals surface area (Å²) in [6, 6.07) is 3.93. The lowest BCUT2D eigenvalue weighted by molar-refractivity contribution is 0.574. The quantitative estimate of drug-likeness (QED) is 0.883. The van der Waals surface area contributed by atoms with E-state index in [1.54, 1.807) is 6.20 Å².